The van der Waals surface area contributed by atoms with E-state index in [-0.39, 0.29) is 0 Å². The van der Waals surface area contributed by atoms with Gasteiger partial charge in [0.1, 0.15) is 4.88 Å². The molecule has 0 radical (unpaired) electrons. The summed E-state index contributed by atoms with van der Waals surface area (Å²) >= 11 is 12.9. The highest BCUT2D eigenvalue weighted by molar-refractivity contribution is 7.12. The number of benzene rings is 1. The third-order valence-electron chi connectivity index (χ3n) is 2.41. The number of anilines is 1. The lowest BCUT2D eigenvalue weighted by atomic mass is 10.2. The lowest BCUT2D eigenvalue weighted by molar-refractivity contribution is 0.0607. The minimum atomic E-state index is -0.501. The Bertz CT molecular complexity index is 649. The van der Waals surface area contributed by atoms with Crippen molar-refractivity contribution in [2.75, 3.05) is 12.4 Å². The van der Waals surface area contributed by atoms with Crippen molar-refractivity contribution in [2.24, 2.45) is 0 Å². The van der Waals surface area contributed by atoms with Crippen LogP contribution in [0.2, 0.25) is 10.0 Å². The molecule has 0 fully saturated rings. The van der Waals surface area contributed by atoms with Crippen LogP contribution in [0.3, 0.4) is 0 Å². The third-order valence-corrected chi connectivity index (χ3v) is 3.74. The highest BCUT2D eigenvalue weighted by atomic mass is 35.5. The average Bonchev–Trinajstić information content (AvgIpc) is 2.84. The van der Waals surface area contributed by atoms with Gasteiger partial charge in [-0.05, 0) is 29.6 Å². The molecule has 0 aliphatic heterocycles. The Balaban J connectivity index is 2.24. The Morgan fingerprint density at radius 3 is 2.45 bits per heavy atom. The second-order valence-electron chi connectivity index (χ2n) is 3.77. The van der Waals surface area contributed by atoms with E-state index in [4.69, 9.17) is 23.2 Å². The topological polar surface area (TPSA) is 55.4 Å². The van der Waals surface area contributed by atoms with Crippen LogP contribution in [0.15, 0.2) is 29.6 Å². The Kier molecular flexibility index (Phi) is 4.65. The molecule has 20 heavy (non-hydrogen) atoms. The van der Waals surface area contributed by atoms with Crippen molar-refractivity contribution in [3.05, 3.63) is 50.1 Å². The number of carbonyl (C=O) groups is 2. The quantitative estimate of drug-likeness (QED) is 0.862. The normalized spacial score (nSPS) is 10.2. The number of carbonyl (C=O) groups excluding carboxylic acids is 2. The maximum Gasteiger partial charge on any atom is 0.350 e. The van der Waals surface area contributed by atoms with E-state index in [1.165, 1.54) is 36.6 Å². The van der Waals surface area contributed by atoms with Crippen molar-refractivity contribution in [3.63, 3.8) is 0 Å². The predicted octanol–water partition coefficient (Wildman–Crippen LogP) is 4.09. The van der Waals surface area contributed by atoms with Gasteiger partial charge in [-0.3, -0.25) is 4.79 Å². The number of hydrogen-bond donors (Lipinski definition) is 1. The summed E-state index contributed by atoms with van der Waals surface area (Å²) in [4.78, 5) is 23.9. The van der Waals surface area contributed by atoms with Gasteiger partial charge in [-0.25, -0.2) is 4.79 Å². The van der Waals surface area contributed by atoms with Crippen LogP contribution in [0.4, 0.5) is 5.69 Å². The number of esters is 1. The molecule has 4 nitrogen and oxygen atoms in total. The van der Waals surface area contributed by atoms with Gasteiger partial charge in [0.05, 0.1) is 12.8 Å². The molecule has 1 amide bonds. The molecule has 0 saturated carbocycles. The van der Waals surface area contributed by atoms with E-state index >= 15 is 0 Å². The first kappa shape index (κ1) is 14.8. The first-order chi connectivity index (χ1) is 9.51. The molecule has 0 atom stereocenters. The van der Waals surface area contributed by atoms with Crippen LogP contribution in [0.25, 0.3) is 0 Å². The summed E-state index contributed by atoms with van der Waals surface area (Å²) < 4.78 is 4.64. The first-order valence-corrected chi connectivity index (χ1v) is 7.08. The molecule has 2 rings (SSSR count). The number of nitrogens with one attached hydrogen (secondary N) is 1. The molecule has 1 heterocycles. The van der Waals surface area contributed by atoms with Crippen LogP contribution in [0.5, 0.6) is 0 Å². The second kappa shape index (κ2) is 6.26. The van der Waals surface area contributed by atoms with Crippen LogP contribution in [0, 0.1) is 0 Å². The van der Waals surface area contributed by atoms with Crippen molar-refractivity contribution < 1.29 is 14.3 Å². The van der Waals surface area contributed by atoms with Gasteiger partial charge in [-0.1, -0.05) is 23.2 Å². The van der Waals surface area contributed by atoms with Crippen LogP contribution in [-0.4, -0.2) is 19.0 Å². The standard InChI is InChI=1S/C13H9Cl2NO3S/c1-19-13(18)11-10(2-3-20-11)16-12(17)7-4-8(14)6-9(15)5-7/h2-6H,1H3,(H,16,17). The van der Waals surface area contributed by atoms with Crippen LogP contribution in [0.1, 0.15) is 20.0 Å². The van der Waals surface area contributed by atoms with Gasteiger partial charge in [-0.15, -0.1) is 11.3 Å². The van der Waals surface area contributed by atoms with Gasteiger partial charge in [0.25, 0.3) is 5.91 Å². The number of thiophene rings is 1. The molecule has 1 aromatic carbocycles. The van der Waals surface area contributed by atoms with Crippen LogP contribution < -0.4 is 5.32 Å². The lowest BCUT2D eigenvalue weighted by Crippen LogP contribution is -2.14. The number of rotatable bonds is 3. The second-order valence-corrected chi connectivity index (χ2v) is 5.56. The summed E-state index contributed by atoms with van der Waals surface area (Å²) in [7, 11) is 1.28. The molecule has 104 valence electrons. The largest absolute Gasteiger partial charge is 0.465 e. The minimum absolute atomic E-state index is 0.310. The van der Waals surface area contributed by atoms with Gasteiger partial charge in [0.15, 0.2) is 0 Å². The fourth-order valence-electron chi connectivity index (χ4n) is 1.54. The average molecular weight is 330 g/mol. The monoisotopic (exact) mass is 329 g/mol. The van der Waals surface area contributed by atoms with Gasteiger partial charge in [0, 0.05) is 15.6 Å². The zero-order valence-corrected chi connectivity index (χ0v) is 12.6. The lowest BCUT2D eigenvalue weighted by Gasteiger charge is -2.06. The highest BCUT2D eigenvalue weighted by Gasteiger charge is 2.16. The smallest absolute Gasteiger partial charge is 0.350 e. The van der Waals surface area contributed by atoms with Crippen molar-refractivity contribution >= 4 is 52.1 Å². The van der Waals surface area contributed by atoms with Crippen molar-refractivity contribution in [3.8, 4) is 0 Å². The van der Waals surface area contributed by atoms with E-state index in [1.54, 1.807) is 11.4 Å². The van der Waals surface area contributed by atoms with Gasteiger partial charge in [0.2, 0.25) is 0 Å². The van der Waals surface area contributed by atoms with E-state index < -0.39 is 11.9 Å². The SMILES string of the molecule is COC(=O)c1sccc1NC(=O)c1cc(Cl)cc(Cl)c1. The summed E-state index contributed by atoms with van der Waals surface area (Å²) in [6.07, 6.45) is 0. The first-order valence-electron chi connectivity index (χ1n) is 5.44. The predicted molar refractivity (Wildman–Crippen MR) is 80.1 cm³/mol. The molecular formula is C13H9Cl2NO3S. The van der Waals surface area contributed by atoms with E-state index in [0.29, 0.717) is 26.2 Å². The third kappa shape index (κ3) is 3.30. The number of amides is 1. The maximum absolute atomic E-state index is 12.1. The molecule has 2 aromatic rings. The van der Waals surface area contributed by atoms with E-state index in [0.717, 1.165) is 0 Å². The summed E-state index contributed by atoms with van der Waals surface area (Å²) in [6.45, 7) is 0. The number of halogens is 2. The molecular weight excluding hydrogens is 321 g/mol. The zero-order chi connectivity index (χ0) is 14.7. The molecule has 1 N–H and O–H groups in total. The molecule has 7 heteroatoms. The van der Waals surface area contributed by atoms with E-state index in [9.17, 15) is 9.59 Å². The Labute approximate surface area is 129 Å². The number of ether oxygens (including phenoxy) is 1. The molecule has 0 aliphatic rings. The fraction of sp³-hybridized carbons (Fsp3) is 0.0769. The summed E-state index contributed by atoms with van der Waals surface area (Å²) in [5, 5.41) is 5.04. The van der Waals surface area contributed by atoms with Gasteiger partial charge >= 0.3 is 5.97 Å². The highest BCUT2D eigenvalue weighted by Crippen LogP contribution is 2.25. The van der Waals surface area contributed by atoms with Crippen LogP contribution in [-0.2, 0) is 4.74 Å². The van der Waals surface area contributed by atoms with Crippen LogP contribution >= 0.6 is 34.5 Å². The zero-order valence-electron chi connectivity index (χ0n) is 10.3. The molecule has 0 aliphatic carbocycles. The molecule has 0 unspecified atom stereocenters. The maximum atomic E-state index is 12.1. The number of hydrogen-bond acceptors (Lipinski definition) is 4. The Hall–Kier alpha value is -1.56. The Morgan fingerprint density at radius 1 is 1.20 bits per heavy atom. The fourth-order valence-corrected chi connectivity index (χ4v) is 2.83. The van der Waals surface area contributed by atoms with Crippen molar-refractivity contribution in [2.45, 2.75) is 0 Å². The molecule has 1 aromatic heterocycles. The number of methoxy groups -OCH3 is 1. The minimum Gasteiger partial charge on any atom is -0.465 e. The van der Waals surface area contributed by atoms with E-state index in [1.807, 2.05) is 0 Å². The van der Waals surface area contributed by atoms with E-state index in [2.05, 4.69) is 10.1 Å². The van der Waals surface area contributed by atoms with Gasteiger partial charge < -0.3 is 10.1 Å². The van der Waals surface area contributed by atoms with Gasteiger partial charge in [-0.2, -0.15) is 0 Å². The summed E-state index contributed by atoms with van der Waals surface area (Å²) in [6, 6.07) is 6.14. The summed E-state index contributed by atoms with van der Waals surface area (Å²) in [5.41, 5.74) is 0.701. The molecule has 0 spiro atoms. The summed E-state index contributed by atoms with van der Waals surface area (Å²) in [5.74, 6) is -0.905. The molecule has 0 bridgehead atoms. The molecule has 0 saturated heterocycles. The van der Waals surface area contributed by atoms with Crippen molar-refractivity contribution in [1.29, 1.82) is 0 Å². The Morgan fingerprint density at radius 2 is 1.85 bits per heavy atom. The van der Waals surface area contributed by atoms with Crippen molar-refractivity contribution in [1.82, 2.24) is 0 Å².